The molecule has 1 aromatic carbocycles. The van der Waals surface area contributed by atoms with Gasteiger partial charge < -0.3 is 10.4 Å². The zero-order valence-electron chi connectivity index (χ0n) is 10.9. The number of carbonyl (C=O) groups is 1. The molecule has 3 heteroatoms. The van der Waals surface area contributed by atoms with Crippen LogP contribution in [0.3, 0.4) is 0 Å². The zero-order chi connectivity index (χ0) is 13.0. The fourth-order valence-corrected chi connectivity index (χ4v) is 2.14. The van der Waals surface area contributed by atoms with E-state index < -0.39 is 0 Å². The number of amides is 1. The number of aryl methyl sites for hydroxylation is 1. The van der Waals surface area contributed by atoms with E-state index in [2.05, 4.69) is 5.32 Å². The minimum Gasteiger partial charge on any atom is -0.508 e. The van der Waals surface area contributed by atoms with Gasteiger partial charge in [-0.05, 0) is 49.3 Å². The van der Waals surface area contributed by atoms with Gasteiger partial charge in [0.2, 0.25) is 5.91 Å². The maximum Gasteiger partial charge on any atom is 0.223 e. The van der Waals surface area contributed by atoms with Gasteiger partial charge in [-0.2, -0.15) is 0 Å². The van der Waals surface area contributed by atoms with Crippen molar-refractivity contribution in [2.45, 2.75) is 32.6 Å². The largest absolute Gasteiger partial charge is 0.508 e. The Bertz CT molecular complexity index is 395. The highest BCUT2D eigenvalue weighted by Gasteiger charge is 2.32. The summed E-state index contributed by atoms with van der Waals surface area (Å²) in [6, 6.07) is 7.24. The fourth-order valence-electron chi connectivity index (χ4n) is 2.14. The van der Waals surface area contributed by atoms with E-state index in [0.717, 1.165) is 19.4 Å². The predicted octanol–water partition coefficient (Wildman–Crippen LogP) is 2.49. The average molecular weight is 247 g/mol. The van der Waals surface area contributed by atoms with E-state index in [1.807, 2.05) is 19.1 Å². The van der Waals surface area contributed by atoms with Gasteiger partial charge in [-0.25, -0.2) is 0 Å². The smallest absolute Gasteiger partial charge is 0.223 e. The predicted molar refractivity (Wildman–Crippen MR) is 71.3 cm³/mol. The van der Waals surface area contributed by atoms with Gasteiger partial charge in [-0.15, -0.1) is 0 Å². The highest BCUT2D eigenvalue weighted by molar-refractivity contribution is 5.78. The van der Waals surface area contributed by atoms with Crippen LogP contribution in [-0.4, -0.2) is 17.6 Å². The van der Waals surface area contributed by atoms with Crippen molar-refractivity contribution in [3.8, 4) is 5.75 Å². The van der Waals surface area contributed by atoms with Crippen molar-refractivity contribution in [3.63, 3.8) is 0 Å². The first-order valence-electron chi connectivity index (χ1n) is 6.72. The molecule has 2 N–H and O–H groups in total. The van der Waals surface area contributed by atoms with Gasteiger partial charge in [0, 0.05) is 12.5 Å². The number of phenols is 1. The summed E-state index contributed by atoms with van der Waals surface area (Å²) in [4.78, 5) is 11.7. The molecular weight excluding hydrogens is 226 g/mol. The van der Waals surface area contributed by atoms with Crippen LogP contribution >= 0.6 is 0 Å². The van der Waals surface area contributed by atoms with E-state index in [4.69, 9.17) is 5.11 Å². The standard InChI is InChI=1S/C15H21NO2/c1-11(13-6-7-13)15(18)16-10-2-3-12-4-8-14(17)9-5-12/h4-5,8-9,11,13,17H,2-3,6-7,10H2,1H3,(H,16,18). The average Bonchev–Trinajstić information content (AvgIpc) is 3.20. The van der Waals surface area contributed by atoms with E-state index in [-0.39, 0.29) is 11.8 Å². The second-order valence-electron chi connectivity index (χ2n) is 5.19. The molecule has 0 aliphatic heterocycles. The Hall–Kier alpha value is -1.51. The number of rotatable bonds is 6. The Morgan fingerprint density at radius 1 is 1.39 bits per heavy atom. The molecule has 1 saturated carbocycles. The van der Waals surface area contributed by atoms with Crippen molar-refractivity contribution >= 4 is 5.91 Å². The molecule has 1 aliphatic carbocycles. The van der Waals surface area contributed by atoms with Crippen LogP contribution in [-0.2, 0) is 11.2 Å². The van der Waals surface area contributed by atoms with Crippen LogP contribution in [0.4, 0.5) is 0 Å². The van der Waals surface area contributed by atoms with Crippen LogP contribution in [0.25, 0.3) is 0 Å². The maximum atomic E-state index is 11.7. The van der Waals surface area contributed by atoms with E-state index in [9.17, 15) is 4.79 Å². The van der Waals surface area contributed by atoms with Gasteiger partial charge in [-0.3, -0.25) is 4.79 Å². The Morgan fingerprint density at radius 2 is 2.06 bits per heavy atom. The number of hydrogen-bond donors (Lipinski definition) is 2. The number of phenolic OH excluding ortho intramolecular Hbond substituents is 1. The Morgan fingerprint density at radius 3 is 2.67 bits per heavy atom. The third-order valence-electron chi connectivity index (χ3n) is 3.62. The second-order valence-corrected chi connectivity index (χ2v) is 5.19. The molecule has 3 nitrogen and oxygen atoms in total. The molecule has 18 heavy (non-hydrogen) atoms. The molecule has 2 rings (SSSR count). The lowest BCUT2D eigenvalue weighted by atomic mass is 10.1. The van der Waals surface area contributed by atoms with Gasteiger partial charge in [-0.1, -0.05) is 19.1 Å². The topological polar surface area (TPSA) is 49.3 Å². The minimum absolute atomic E-state index is 0.179. The number of carbonyl (C=O) groups excluding carboxylic acids is 1. The number of benzene rings is 1. The molecule has 0 spiro atoms. The first-order valence-corrected chi connectivity index (χ1v) is 6.72. The number of nitrogens with one attached hydrogen (secondary N) is 1. The molecule has 1 unspecified atom stereocenters. The van der Waals surface area contributed by atoms with Crippen LogP contribution in [0.1, 0.15) is 31.7 Å². The fraction of sp³-hybridized carbons (Fsp3) is 0.533. The molecular formula is C15H21NO2. The summed E-state index contributed by atoms with van der Waals surface area (Å²) in [5.74, 6) is 1.30. The van der Waals surface area contributed by atoms with Gasteiger partial charge in [0.25, 0.3) is 0 Å². The summed E-state index contributed by atoms with van der Waals surface area (Å²) in [7, 11) is 0. The summed E-state index contributed by atoms with van der Waals surface area (Å²) < 4.78 is 0. The lowest BCUT2D eigenvalue weighted by molar-refractivity contribution is -0.125. The monoisotopic (exact) mass is 247 g/mol. The summed E-state index contributed by atoms with van der Waals surface area (Å²) in [5.41, 5.74) is 1.19. The Balaban J connectivity index is 1.63. The van der Waals surface area contributed by atoms with Crippen molar-refractivity contribution in [1.29, 1.82) is 0 Å². The van der Waals surface area contributed by atoms with Gasteiger partial charge >= 0.3 is 0 Å². The number of aromatic hydroxyl groups is 1. The van der Waals surface area contributed by atoms with Crippen LogP contribution in [0.15, 0.2) is 24.3 Å². The SMILES string of the molecule is CC(C(=O)NCCCc1ccc(O)cc1)C1CC1. The van der Waals surface area contributed by atoms with E-state index in [1.54, 1.807) is 12.1 Å². The van der Waals surface area contributed by atoms with E-state index in [1.165, 1.54) is 18.4 Å². The van der Waals surface area contributed by atoms with Crippen LogP contribution in [0, 0.1) is 11.8 Å². The summed E-state index contributed by atoms with van der Waals surface area (Å²) in [6.45, 7) is 2.75. The van der Waals surface area contributed by atoms with Gasteiger partial charge in [0.05, 0.1) is 0 Å². The molecule has 1 amide bonds. The highest BCUT2D eigenvalue weighted by Crippen LogP contribution is 2.36. The molecule has 0 bridgehead atoms. The molecule has 1 fully saturated rings. The second kappa shape index (κ2) is 5.89. The first kappa shape index (κ1) is 12.9. The molecule has 0 saturated heterocycles. The van der Waals surface area contributed by atoms with Crippen LogP contribution in [0.2, 0.25) is 0 Å². The first-order chi connectivity index (χ1) is 8.66. The van der Waals surface area contributed by atoms with Crippen molar-refractivity contribution in [3.05, 3.63) is 29.8 Å². The Labute approximate surface area is 108 Å². The number of hydrogen-bond acceptors (Lipinski definition) is 2. The highest BCUT2D eigenvalue weighted by atomic mass is 16.3. The third-order valence-corrected chi connectivity index (χ3v) is 3.62. The summed E-state index contributed by atoms with van der Waals surface area (Å²) in [5, 5.41) is 12.2. The van der Waals surface area contributed by atoms with E-state index >= 15 is 0 Å². The van der Waals surface area contributed by atoms with Crippen LogP contribution in [0.5, 0.6) is 5.75 Å². The minimum atomic E-state index is 0.179. The van der Waals surface area contributed by atoms with Crippen LogP contribution < -0.4 is 5.32 Å². The Kier molecular flexibility index (Phi) is 4.24. The van der Waals surface area contributed by atoms with Crippen molar-refractivity contribution in [2.75, 3.05) is 6.54 Å². The molecule has 1 aliphatic rings. The third kappa shape index (κ3) is 3.76. The quantitative estimate of drug-likeness (QED) is 0.759. The molecule has 0 radical (unpaired) electrons. The van der Waals surface area contributed by atoms with E-state index in [0.29, 0.717) is 11.7 Å². The maximum absolute atomic E-state index is 11.7. The summed E-state index contributed by atoms with van der Waals surface area (Å²) >= 11 is 0. The van der Waals surface area contributed by atoms with Gasteiger partial charge in [0.15, 0.2) is 0 Å². The van der Waals surface area contributed by atoms with Crippen molar-refractivity contribution in [1.82, 2.24) is 5.32 Å². The van der Waals surface area contributed by atoms with Gasteiger partial charge in [0.1, 0.15) is 5.75 Å². The summed E-state index contributed by atoms with van der Waals surface area (Å²) in [6.07, 6.45) is 4.29. The lowest BCUT2D eigenvalue weighted by Crippen LogP contribution is -2.31. The molecule has 98 valence electrons. The lowest BCUT2D eigenvalue weighted by Gasteiger charge is -2.10. The van der Waals surface area contributed by atoms with Crippen molar-refractivity contribution < 1.29 is 9.90 Å². The normalized spacial score (nSPS) is 16.3. The molecule has 1 atom stereocenters. The molecule has 0 aromatic heterocycles. The molecule has 0 heterocycles. The zero-order valence-corrected chi connectivity index (χ0v) is 10.9. The van der Waals surface area contributed by atoms with Crippen molar-refractivity contribution in [2.24, 2.45) is 11.8 Å². The molecule has 1 aromatic rings.